The second-order valence-electron chi connectivity index (χ2n) is 6.31. The molecular formula is C19H19FN4O. The highest BCUT2D eigenvalue weighted by Gasteiger charge is 2.25. The van der Waals surface area contributed by atoms with Crippen LogP contribution < -0.4 is 0 Å². The van der Waals surface area contributed by atoms with Crippen LogP contribution in [0.2, 0.25) is 0 Å². The third-order valence-electron chi connectivity index (χ3n) is 4.60. The first kappa shape index (κ1) is 15.6. The predicted octanol–water partition coefficient (Wildman–Crippen LogP) is 3.25. The first-order valence-electron chi connectivity index (χ1n) is 8.40. The lowest BCUT2D eigenvalue weighted by atomic mass is 10.2. The topological polar surface area (TPSA) is 43.1 Å². The number of likely N-dealkylation sites (tertiary alicyclic amines) is 1. The highest BCUT2D eigenvalue weighted by atomic mass is 19.1. The Balaban J connectivity index is 1.82. The number of hydrogen-bond acceptors (Lipinski definition) is 2. The van der Waals surface area contributed by atoms with Gasteiger partial charge in [-0.1, -0.05) is 0 Å². The second kappa shape index (κ2) is 6.20. The Morgan fingerprint density at radius 2 is 1.84 bits per heavy atom. The molecule has 6 heteroatoms. The van der Waals surface area contributed by atoms with E-state index in [-0.39, 0.29) is 11.7 Å². The van der Waals surface area contributed by atoms with Gasteiger partial charge in [0.15, 0.2) is 0 Å². The largest absolute Gasteiger partial charge is 0.349 e. The van der Waals surface area contributed by atoms with E-state index in [0.717, 1.165) is 37.3 Å². The summed E-state index contributed by atoms with van der Waals surface area (Å²) in [4.78, 5) is 14.8. The summed E-state index contributed by atoms with van der Waals surface area (Å²) in [7, 11) is 1.94. The van der Waals surface area contributed by atoms with Gasteiger partial charge in [0.25, 0.3) is 5.91 Å². The van der Waals surface area contributed by atoms with Gasteiger partial charge in [0, 0.05) is 26.3 Å². The summed E-state index contributed by atoms with van der Waals surface area (Å²) >= 11 is 0. The van der Waals surface area contributed by atoms with E-state index in [2.05, 4.69) is 5.10 Å². The van der Waals surface area contributed by atoms with Crippen LogP contribution in [0.25, 0.3) is 17.1 Å². The van der Waals surface area contributed by atoms with E-state index < -0.39 is 0 Å². The van der Waals surface area contributed by atoms with Gasteiger partial charge in [-0.25, -0.2) is 9.07 Å². The third-order valence-corrected chi connectivity index (χ3v) is 4.60. The fourth-order valence-electron chi connectivity index (χ4n) is 3.25. The molecule has 25 heavy (non-hydrogen) atoms. The smallest absolute Gasteiger partial charge is 0.272 e. The molecule has 0 bridgehead atoms. The maximum atomic E-state index is 13.3. The van der Waals surface area contributed by atoms with Crippen molar-refractivity contribution in [1.82, 2.24) is 19.2 Å². The molecule has 1 amide bonds. The van der Waals surface area contributed by atoms with Crippen LogP contribution in [0.1, 0.15) is 23.3 Å². The van der Waals surface area contributed by atoms with E-state index in [0.29, 0.717) is 11.4 Å². The highest BCUT2D eigenvalue weighted by molar-refractivity contribution is 5.94. The Labute approximate surface area is 145 Å². The molecule has 1 saturated heterocycles. The van der Waals surface area contributed by atoms with Gasteiger partial charge in [-0.15, -0.1) is 0 Å². The first-order chi connectivity index (χ1) is 12.1. The van der Waals surface area contributed by atoms with E-state index in [1.54, 1.807) is 16.8 Å². The van der Waals surface area contributed by atoms with E-state index in [9.17, 15) is 9.18 Å². The van der Waals surface area contributed by atoms with Crippen LogP contribution in [0, 0.1) is 5.82 Å². The molecule has 0 saturated carbocycles. The van der Waals surface area contributed by atoms with Crippen LogP contribution >= 0.6 is 0 Å². The summed E-state index contributed by atoms with van der Waals surface area (Å²) in [5, 5.41) is 4.63. The molecule has 5 nitrogen and oxygen atoms in total. The van der Waals surface area contributed by atoms with Crippen LogP contribution in [0.4, 0.5) is 4.39 Å². The van der Waals surface area contributed by atoms with Crippen molar-refractivity contribution in [3.8, 4) is 17.1 Å². The van der Waals surface area contributed by atoms with E-state index in [1.807, 2.05) is 40.9 Å². The fourth-order valence-corrected chi connectivity index (χ4v) is 3.25. The van der Waals surface area contributed by atoms with Gasteiger partial charge in [0.05, 0.1) is 11.4 Å². The average molecular weight is 338 g/mol. The van der Waals surface area contributed by atoms with Gasteiger partial charge in [0.2, 0.25) is 0 Å². The maximum Gasteiger partial charge on any atom is 0.272 e. The summed E-state index contributed by atoms with van der Waals surface area (Å²) in [5.74, 6) is -0.347. The number of carbonyl (C=O) groups is 1. The quantitative estimate of drug-likeness (QED) is 0.736. The molecule has 1 aliphatic heterocycles. The number of amides is 1. The number of aryl methyl sites for hydroxylation is 1. The van der Waals surface area contributed by atoms with Crippen molar-refractivity contribution in [2.24, 2.45) is 7.05 Å². The summed E-state index contributed by atoms with van der Waals surface area (Å²) < 4.78 is 16.9. The molecule has 3 heterocycles. The van der Waals surface area contributed by atoms with Crippen LogP contribution in [0.5, 0.6) is 0 Å². The first-order valence-corrected chi connectivity index (χ1v) is 8.40. The minimum absolute atomic E-state index is 0.0326. The zero-order valence-corrected chi connectivity index (χ0v) is 14.0. The lowest BCUT2D eigenvalue weighted by Crippen LogP contribution is -2.29. The van der Waals surface area contributed by atoms with Crippen LogP contribution in [0.3, 0.4) is 0 Å². The zero-order chi connectivity index (χ0) is 17.4. The van der Waals surface area contributed by atoms with Crippen molar-refractivity contribution in [2.45, 2.75) is 12.8 Å². The summed E-state index contributed by atoms with van der Waals surface area (Å²) in [5.41, 5.74) is 2.82. The van der Waals surface area contributed by atoms with E-state index in [1.165, 1.54) is 12.1 Å². The minimum atomic E-state index is -0.314. The number of carbonyl (C=O) groups excluding carboxylic acids is 1. The Kier molecular flexibility index (Phi) is 3.87. The van der Waals surface area contributed by atoms with Crippen LogP contribution in [0.15, 0.2) is 48.7 Å². The van der Waals surface area contributed by atoms with Crippen molar-refractivity contribution in [3.05, 3.63) is 60.2 Å². The number of aromatic nitrogens is 3. The summed E-state index contributed by atoms with van der Waals surface area (Å²) in [6.07, 6.45) is 4.00. The zero-order valence-electron chi connectivity index (χ0n) is 14.0. The average Bonchev–Trinajstić information content (AvgIpc) is 3.35. The van der Waals surface area contributed by atoms with Crippen molar-refractivity contribution in [3.63, 3.8) is 0 Å². The van der Waals surface area contributed by atoms with Gasteiger partial charge in [0.1, 0.15) is 17.2 Å². The molecule has 0 atom stereocenters. The number of benzene rings is 1. The molecule has 0 N–H and O–H groups in total. The van der Waals surface area contributed by atoms with Gasteiger partial charge in [-0.05, 0) is 55.3 Å². The molecule has 128 valence electrons. The van der Waals surface area contributed by atoms with Gasteiger partial charge in [-0.3, -0.25) is 4.79 Å². The molecule has 1 aliphatic rings. The Hall–Kier alpha value is -2.89. The van der Waals surface area contributed by atoms with E-state index in [4.69, 9.17) is 0 Å². The fraction of sp³-hybridized carbons (Fsp3) is 0.263. The Bertz CT molecular complexity index is 904. The van der Waals surface area contributed by atoms with E-state index >= 15 is 0 Å². The lowest BCUT2D eigenvalue weighted by molar-refractivity contribution is 0.0784. The standard InChI is InChI=1S/C19H19FN4O/c1-22-10-4-5-17(22)16-13-18(19(25)23-11-2-3-12-23)24(21-16)15-8-6-14(20)7-9-15/h4-10,13H,2-3,11-12H2,1H3. The molecule has 1 fully saturated rings. The molecule has 4 rings (SSSR count). The predicted molar refractivity (Wildman–Crippen MR) is 93.1 cm³/mol. The lowest BCUT2D eigenvalue weighted by Gasteiger charge is -2.16. The third kappa shape index (κ3) is 2.84. The van der Waals surface area contributed by atoms with Gasteiger partial charge >= 0.3 is 0 Å². The second-order valence-corrected chi connectivity index (χ2v) is 6.31. The molecule has 3 aromatic rings. The number of hydrogen-bond donors (Lipinski definition) is 0. The summed E-state index contributed by atoms with van der Waals surface area (Å²) in [6, 6.07) is 11.7. The molecule has 0 radical (unpaired) electrons. The SMILES string of the molecule is Cn1cccc1-c1cc(C(=O)N2CCCC2)n(-c2ccc(F)cc2)n1. The molecule has 1 aromatic carbocycles. The molecular weight excluding hydrogens is 319 g/mol. The molecule has 0 spiro atoms. The number of nitrogens with zero attached hydrogens (tertiary/aromatic N) is 4. The Morgan fingerprint density at radius 3 is 2.48 bits per heavy atom. The van der Waals surface area contributed by atoms with Crippen molar-refractivity contribution in [2.75, 3.05) is 13.1 Å². The van der Waals surface area contributed by atoms with Gasteiger partial charge in [-0.2, -0.15) is 5.10 Å². The normalized spacial score (nSPS) is 14.2. The van der Waals surface area contributed by atoms with Crippen molar-refractivity contribution < 1.29 is 9.18 Å². The summed E-state index contributed by atoms with van der Waals surface area (Å²) in [6.45, 7) is 1.54. The Morgan fingerprint density at radius 1 is 1.12 bits per heavy atom. The minimum Gasteiger partial charge on any atom is -0.349 e. The van der Waals surface area contributed by atoms with Crippen molar-refractivity contribution >= 4 is 5.91 Å². The number of rotatable bonds is 3. The van der Waals surface area contributed by atoms with Crippen LogP contribution in [-0.2, 0) is 7.05 Å². The van der Waals surface area contributed by atoms with Crippen LogP contribution in [-0.4, -0.2) is 38.2 Å². The van der Waals surface area contributed by atoms with Crippen molar-refractivity contribution in [1.29, 1.82) is 0 Å². The maximum absolute atomic E-state index is 13.3. The highest BCUT2D eigenvalue weighted by Crippen LogP contribution is 2.24. The molecule has 0 aliphatic carbocycles. The molecule has 0 unspecified atom stereocenters. The van der Waals surface area contributed by atoms with Gasteiger partial charge < -0.3 is 9.47 Å². The monoisotopic (exact) mass is 338 g/mol. The molecule has 2 aromatic heterocycles. The number of halogens is 1.